The van der Waals surface area contributed by atoms with E-state index in [0.29, 0.717) is 31.1 Å². The topological polar surface area (TPSA) is 80.5 Å². The number of ether oxygens (including phenoxy) is 1. The molecule has 1 aliphatic rings. The van der Waals surface area contributed by atoms with Gasteiger partial charge in [-0.15, -0.1) is 0 Å². The summed E-state index contributed by atoms with van der Waals surface area (Å²) in [5.74, 6) is 2.13. The number of methoxy groups -OCH3 is 1. The number of piperazine rings is 1. The van der Waals surface area contributed by atoms with Crippen molar-refractivity contribution >= 4 is 5.91 Å². The van der Waals surface area contributed by atoms with E-state index in [-0.39, 0.29) is 11.9 Å². The van der Waals surface area contributed by atoms with Crippen LogP contribution in [0.15, 0.2) is 28.8 Å². The molecule has 1 amide bonds. The third-order valence-electron chi connectivity index (χ3n) is 4.44. The molecule has 1 atom stereocenters. The van der Waals surface area contributed by atoms with Crippen LogP contribution in [0.4, 0.5) is 0 Å². The van der Waals surface area contributed by atoms with Gasteiger partial charge in [0.2, 0.25) is 11.8 Å². The predicted molar refractivity (Wildman–Crippen MR) is 92.3 cm³/mol. The summed E-state index contributed by atoms with van der Waals surface area (Å²) in [5, 5.41) is 7.24. The number of rotatable bonds is 6. The number of hydrogen-bond donors (Lipinski definition) is 1. The highest BCUT2D eigenvalue weighted by Gasteiger charge is 2.27. The molecule has 0 bridgehead atoms. The minimum absolute atomic E-state index is 0.0287. The highest BCUT2D eigenvalue weighted by molar-refractivity contribution is 5.77. The van der Waals surface area contributed by atoms with Gasteiger partial charge in [0.15, 0.2) is 5.82 Å². The van der Waals surface area contributed by atoms with Crippen molar-refractivity contribution in [3.63, 3.8) is 0 Å². The molecular weight excluding hydrogens is 320 g/mol. The van der Waals surface area contributed by atoms with Gasteiger partial charge < -0.3 is 19.5 Å². The Bertz CT molecular complexity index is 699. The number of aryl methyl sites for hydroxylation is 2. The molecule has 2 heterocycles. The number of carbonyl (C=O) groups is 1. The van der Waals surface area contributed by atoms with Crippen molar-refractivity contribution in [1.82, 2.24) is 20.4 Å². The van der Waals surface area contributed by atoms with Crippen LogP contribution >= 0.6 is 0 Å². The fourth-order valence-corrected chi connectivity index (χ4v) is 3.02. The van der Waals surface area contributed by atoms with Gasteiger partial charge in [-0.3, -0.25) is 4.79 Å². The maximum atomic E-state index is 12.7. The molecule has 0 saturated carbocycles. The molecule has 1 aromatic carbocycles. The van der Waals surface area contributed by atoms with Crippen LogP contribution in [0.25, 0.3) is 0 Å². The summed E-state index contributed by atoms with van der Waals surface area (Å²) in [6.07, 6.45) is 1.58. The molecule has 0 aliphatic carbocycles. The van der Waals surface area contributed by atoms with Crippen LogP contribution in [-0.4, -0.2) is 47.7 Å². The minimum atomic E-state index is 0.0287. The van der Waals surface area contributed by atoms with E-state index in [1.807, 2.05) is 36.1 Å². The van der Waals surface area contributed by atoms with Gasteiger partial charge in [0, 0.05) is 38.9 Å². The Balaban J connectivity index is 1.65. The van der Waals surface area contributed by atoms with Gasteiger partial charge in [-0.1, -0.05) is 24.2 Å². The van der Waals surface area contributed by atoms with Gasteiger partial charge in [0.25, 0.3) is 0 Å². The first-order valence-electron chi connectivity index (χ1n) is 8.67. The van der Waals surface area contributed by atoms with E-state index in [2.05, 4.69) is 15.5 Å². The zero-order valence-electron chi connectivity index (χ0n) is 14.7. The fraction of sp³-hybridized carbons (Fsp3) is 0.500. The van der Waals surface area contributed by atoms with Crippen molar-refractivity contribution in [2.75, 3.05) is 26.7 Å². The van der Waals surface area contributed by atoms with Gasteiger partial charge in [-0.25, -0.2) is 0 Å². The van der Waals surface area contributed by atoms with E-state index >= 15 is 0 Å². The van der Waals surface area contributed by atoms with Crippen LogP contribution in [0.5, 0.6) is 5.75 Å². The lowest BCUT2D eigenvalue weighted by Crippen LogP contribution is -2.48. The maximum Gasteiger partial charge on any atom is 0.227 e. The molecule has 25 heavy (non-hydrogen) atoms. The van der Waals surface area contributed by atoms with Crippen molar-refractivity contribution in [2.24, 2.45) is 0 Å². The molecule has 1 fully saturated rings. The largest absolute Gasteiger partial charge is 0.497 e. The maximum absolute atomic E-state index is 12.7. The molecule has 0 spiro atoms. The van der Waals surface area contributed by atoms with Crippen molar-refractivity contribution in [1.29, 1.82) is 0 Å². The van der Waals surface area contributed by atoms with Crippen LogP contribution in [0.2, 0.25) is 0 Å². The van der Waals surface area contributed by atoms with E-state index < -0.39 is 0 Å². The first kappa shape index (κ1) is 17.4. The fourth-order valence-electron chi connectivity index (χ4n) is 3.02. The number of amides is 1. The molecule has 3 rings (SSSR count). The Labute approximate surface area is 147 Å². The van der Waals surface area contributed by atoms with Gasteiger partial charge in [0.1, 0.15) is 5.75 Å². The second kappa shape index (κ2) is 8.11. The Morgan fingerprint density at radius 1 is 1.40 bits per heavy atom. The second-order valence-electron chi connectivity index (χ2n) is 6.04. The molecular formula is C18H24N4O3. The average molecular weight is 344 g/mol. The van der Waals surface area contributed by atoms with Crippen LogP contribution in [0.3, 0.4) is 0 Å². The number of aromatic nitrogens is 2. The first-order valence-corrected chi connectivity index (χ1v) is 8.67. The Hall–Kier alpha value is -2.41. The first-order chi connectivity index (χ1) is 12.2. The van der Waals surface area contributed by atoms with Crippen LogP contribution < -0.4 is 10.1 Å². The summed E-state index contributed by atoms with van der Waals surface area (Å²) in [5.41, 5.74) is 1.10. The van der Waals surface area contributed by atoms with Gasteiger partial charge in [0.05, 0.1) is 13.2 Å². The number of nitrogens with zero attached hydrogens (tertiary/aromatic N) is 3. The summed E-state index contributed by atoms with van der Waals surface area (Å²) in [4.78, 5) is 18.9. The summed E-state index contributed by atoms with van der Waals surface area (Å²) in [6.45, 7) is 4.22. The van der Waals surface area contributed by atoms with Gasteiger partial charge in [-0.2, -0.15) is 4.98 Å². The van der Waals surface area contributed by atoms with E-state index in [1.165, 1.54) is 0 Å². The predicted octanol–water partition coefficient (Wildman–Crippen LogP) is 1.75. The zero-order valence-corrected chi connectivity index (χ0v) is 14.7. The molecule has 1 aliphatic heterocycles. The highest BCUT2D eigenvalue weighted by atomic mass is 16.5. The molecule has 7 heteroatoms. The van der Waals surface area contributed by atoms with E-state index in [9.17, 15) is 4.79 Å². The van der Waals surface area contributed by atoms with Crippen LogP contribution in [0.1, 0.15) is 36.7 Å². The minimum Gasteiger partial charge on any atom is -0.497 e. The highest BCUT2D eigenvalue weighted by Crippen LogP contribution is 2.25. The number of carbonyl (C=O) groups excluding carboxylic acids is 1. The molecule has 134 valence electrons. The van der Waals surface area contributed by atoms with Crippen LogP contribution in [-0.2, 0) is 17.6 Å². The second-order valence-corrected chi connectivity index (χ2v) is 6.04. The molecule has 1 saturated heterocycles. The van der Waals surface area contributed by atoms with E-state index in [1.54, 1.807) is 7.11 Å². The quantitative estimate of drug-likeness (QED) is 0.860. The van der Waals surface area contributed by atoms with Crippen molar-refractivity contribution in [3.8, 4) is 5.75 Å². The number of nitrogens with one attached hydrogen (secondary N) is 1. The normalized spacial score (nSPS) is 17.5. The summed E-state index contributed by atoms with van der Waals surface area (Å²) < 4.78 is 10.4. The SMILES string of the molecule is CCc1noc(CCC(=O)N2CCNCC2c2ccc(OC)cc2)n1. The summed E-state index contributed by atoms with van der Waals surface area (Å²) >= 11 is 0. The van der Waals surface area contributed by atoms with E-state index in [4.69, 9.17) is 9.26 Å². The Kier molecular flexibility index (Phi) is 5.65. The lowest BCUT2D eigenvalue weighted by Gasteiger charge is -2.36. The molecule has 1 N–H and O–H groups in total. The Morgan fingerprint density at radius 2 is 2.20 bits per heavy atom. The smallest absolute Gasteiger partial charge is 0.227 e. The molecule has 1 aromatic heterocycles. The Morgan fingerprint density at radius 3 is 2.88 bits per heavy atom. The number of hydrogen-bond acceptors (Lipinski definition) is 6. The summed E-state index contributed by atoms with van der Waals surface area (Å²) in [6, 6.07) is 7.92. The van der Waals surface area contributed by atoms with Crippen molar-refractivity contribution in [3.05, 3.63) is 41.5 Å². The third-order valence-corrected chi connectivity index (χ3v) is 4.44. The van der Waals surface area contributed by atoms with Crippen LogP contribution in [0, 0.1) is 0 Å². The van der Waals surface area contributed by atoms with Crippen molar-refractivity contribution < 1.29 is 14.1 Å². The lowest BCUT2D eigenvalue weighted by molar-refractivity contribution is -0.134. The molecule has 0 radical (unpaired) electrons. The zero-order chi connectivity index (χ0) is 17.6. The lowest BCUT2D eigenvalue weighted by atomic mass is 10.0. The third kappa shape index (κ3) is 4.17. The molecule has 1 unspecified atom stereocenters. The van der Waals surface area contributed by atoms with E-state index in [0.717, 1.165) is 30.8 Å². The van der Waals surface area contributed by atoms with Gasteiger partial charge in [-0.05, 0) is 17.7 Å². The average Bonchev–Trinajstić information content (AvgIpc) is 3.14. The molecule has 2 aromatic rings. The standard InChI is InChI=1S/C18H24N4O3/c1-3-16-20-17(25-21-16)8-9-18(23)22-11-10-19-12-15(22)13-4-6-14(24-2)7-5-13/h4-7,15,19H,3,8-12H2,1-2H3. The van der Waals surface area contributed by atoms with Gasteiger partial charge >= 0.3 is 0 Å². The monoisotopic (exact) mass is 344 g/mol. The molecule has 7 nitrogen and oxygen atoms in total. The summed E-state index contributed by atoms with van der Waals surface area (Å²) in [7, 11) is 1.65. The van der Waals surface area contributed by atoms with Crippen molar-refractivity contribution in [2.45, 2.75) is 32.2 Å². The number of benzene rings is 1.